The molecule has 2 bridgehead atoms. The lowest BCUT2D eigenvalue weighted by Crippen LogP contribution is -2.42. The Balaban J connectivity index is 1.47. The SMILES string of the molecule is O=C(N[C@@H]1C[C@H]2CC[C@@H]1N2)c1ccc2cc3ccccc3n2c1. The fraction of sp³-hybridized carbons (Fsp3) is 0.316. The minimum absolute atomic E-state index is 0.0315. The number of nitrogens with zero attached hydrogens (tertiary/aromatic N) is 1. The number of nitrogens with one attached hydrogen (secondary N) is 2. The zero-order valence-electron chi connectivity index (χ0n) is 12.8. The van der Waals surface area contributed by atoms with Crippen molar-refractivity contribution in [2.45, 2.75) is 37.4 Å². The van der Waals surface area contributed by atoms with Crippen LogP contribution in [-0.4, -0.2) is 28.4 Å². The number of aromatic nitrogens is 1. The van der Waals surface area contributed by atoms with Gasteiger partial charge in [-0.1, -0.05) is 18.2 Å². The lowest BCUT2D eigenvalue weighted by Gasteiger charge is -2.21. The number of para-hydroxylation sites is 1. The maximum absolute atomic E-state index is 12.6. The van der Waals surface area contributed by atoms with Crippen molar-refractivity contribution < 1.29 is 4.79 Å². The highest BCUT2D eigenvalue weighted by Gasteiger charge is 2.39. The van der Waals surface area contributed by atoms with Crippen LogP contribution >= 0.6 is 0 Å². The third-order valence-corrected chi connectivity index (χ3v) is 5.36. The molecule has 5 rings (SSSR count). The Bertz CT molecular complexity index is 913. The second-order valence-electron chi connectivity index (χ2n) is 6.78. The Kier molecular flexibility index (Phi) is 2.76. The molecule has 2 aliphatic heterocycles. The van der Waals surface area contributed by atoms with Crippen molar-refractivity contribution in [3.05, 3.63) is 54.2 Å². The summed E-state index contributed by atoms with van der Waals surface area (Å²) >= 11 is 0. The number of carbonyl (C=O) groups excluding carboxylic acids is 1. The molecule has 2 aliphatic rings. The molecular weight excluding hydrogens is 286 g/mol. The largest absolute Gasteiger partial charge is 0.348 e. The Labute approximate surface area is 134 Å². The molecule has 2 aromatic heterocycles. The van der Waals surface area contributed by atoms with Gasteiger partial charge in [-0.2, -0.15) is 0 Å². The van der Waals surface area contributed by atoms with E-state index in [0.29, 0.717) is 12.1 Å². The zero-order chi connectivity index (χ0) is 15.4. The van der Waals surface area contributed by atoms with Crippen molar-refractivity contribution in [3.8, 4) is 0 Å². The maximum Gasteiger partial charge on any atom is 0.253 e. The van der Waals surface area contributed by atoms with Gasteiger partial charge >= 0.3 is 0 Å². The van der Waals surface area contributed by atoms with Crippen molar-refractivity contribution in [3.63, 3.8) is 0 Å². The average molecular weight is 305 g/mol. The molecular formula is C19H19N3O. The summed E-state index contributed by atoms with van der Waals surface area (Å²) in [6.45, 7) is 0. The quantitative estimate of drug-likeness (QED) is 0.764. The number of amides is 1. The number of carbonyl (C=O) groups is 1. The summed E-state index contributed by atoms with van der Waals surface area (Å²) in [5.74, 6) is 0.0315. The summed E-state index contributed by atoms with van der Waals surface area (Å²) in [6.07, 6.45) is 5.44. The second kappa shape index (κ2) is 4.83. The van der Waals surface area contributed by atoms with E-state index in [9.17, 15) is 4.79 Å². The predicted octanol–water partition coefficient (Wildman–Crippen LogP) is 2.72. The maximum atomic E-state index is 12.6. The topological polar surface area (TPSA) is 45.5 Å². The summed E-state index contributed by atoms with van der Waals surface area (Å²) in [5.41, 5.74) is 2.98. The van der Waals surface area contributed by atoms with Gasteiger partial charge in [-0.15, -0.1) is 0 Å². The highest BCUT2D eigenvalue weighted by molar-refractivity contribution is 5.96. The van der Waals surface area contributed by atoms with Crippen molar-refractivity contribution in [2.75, 3.05) is 0 Å². The molecule has 0 radical (unpaired) electrons. The first-order chi connectivity index (χ1) is 11.3. The molecule has 1 amide bonds. The minimum Gasteiger partial charge on any atom is -0.348 e. The summed E-state index contributed by atoms with van der Waals surface area (Å²) in [5, 5.41) is 7.98. The summed E-state index contributed by atoms with van der Waals surface area (Å²) < 4.78 is 2.10. The number of fused-ring (bicyclic) bond motifs is 5. The summed E-state index contributed by atoms with van der Waals surface area (Å²) in [4.78, 5) is 12.6. The monoisotopic (exact) mass is 305 g/mol. The van der Waals surface area contributed by atoms with Crippen LogP contribution in [0.25, 0.3) is 16.4 Å². The van der Waals surface area contributed by atoms with E-state index >= 15 is 0 Å². The Morgan fingerprint density at radius 2 is 2.09 bits per heavy atom. The van der Waals surface area contributed by atoms with Crippen LogP contribution in [-0.2, 0) is 0 Å². The smallest absolute Gasteiger partial charge is 0.253 e. The Morgan fingerprint density at radius 1 is 1.17 bits per heavy atom. The normalized spacial score (nSPS) is 26.2. The molecule has 0 unspecified atom stereocenters. The van der Waals surface area contributed by atoms with Gasteiger partial charge in [-0.3, -0.25) is 4.79 Å². The van der Waals surface area contributed by atoms with E-state index < -0.39 is 0 Å². The molecule has 2 fully saturated rings. The number of hydrogen-bond donors (Lipinski definition) is 2. The first-order valence-electron chi connectivity index (χ1n) is 8.35. The van der Waals surface area contributed by atoms with Gasteiger partial charge in [0.2, 0.25) is 0 Å². The van der Waals surface area contributed by atoms with Gasteiger partial charge in [-0.05, 0) is 43.5 Å². The Hall–Kier alpha value is -2.33. The summed E-state index contributed by atoms with van der Waals surface area (Å²) in [7, 11) is 0. The fourth-order valence-electron chi connectivity index (χ4n) is 4.20. The molecule has 116 valence electrons. The van der Waals surface area contributed by atoms with Crippen molar-refractivity contribution in [1.29, 1.82) is 0 Å². The molecule has 3 aromatic rings. The van der Waals surface area contributed by atoms with Gasteiger partial charge in [0.1, 0.15) is 0 Å². The van der Waals surface area contributed by atoms with E-state index in [2.05, 4.69) is 33.2 Å². The second-order valence-corrected chi connectivity index (χ2v) is 6.78. The third kappa shape index (κ3) is 2.05. The highest BCUT2D eigenvalue weighted by atomic mass is 16.1. The Morgan fingerprint density at radius 3 is 2.91 bits per heavy atom. The van der Waals surface area contributed by atoms with E-state index in [1.807, 2.05) is 30.5 Å². The van der Waals surface area contributed by atoms with Crippen LogP contribution in [0.5, 0.6) is 0 Å². The van der Waals surface area contributed by atoms with Crippen LogP contribution in [0.15, 0.2) is 48.7 Å². The molecule has 2 N–H and O–H groups in total. The van der Waals surface area contributed by atoms with Gasteiger partial charge in [0.05, 0.1) is 11.1 Å². The number of benzene rings is 1. The lowest BCUT2D eigenvalue weighted by molar-refractivity contribution is 0.0930. The van der Waals surface area contributed by atoms with Crippen LogP contribution in [0.1, 0.15) is 29.6 Å². The van der Waals surface area contributed by atoms with E-state index in [-0.39, 0.29) is 11.9 Å². The lowest BCUT2D eigenvalue weighted by atomic mass is 9.95. The van der Waals surface area contributed by atoms with Crippen molar-refractivity contribution >= 4 is 22.3 Å². The van der Waals surface area contributed by atoms with Crippen LogP contribution in [0.4, 0.5) is 0 Å². The van der Waals surface area contributed by atoms with Crippen molar-refractivity contribution in [2.24, 2.45) is 0 Å². The fourth-order valence-corrected chi connectivity index (χ4v) is 4.20. The molecule has 2 saturated heterocycles. The number of hydrogen-bond acceptors (Lipinski definition) is 2. The van der Waals surface area contributed by atoms with Crippen molar-refractivity contribution in [1.82, 2.24) is 15.0 Å². The van der Waals surface area contributed by atoms with E-state index in [0.717, 1.165) is 23.0 Å². The molecule has 0 aliphatic carbocycles. The van der Waals surface area contributed by atoms with Crippen LogP contribution in [0.2, 0.25) is 0 Å². The van der Waals surface area contributed by atoms with Gasteiger partial charge in [0.25, 0.3) is 5.91 Å². The predicted molar refractivity (Wildman–Crippen MR) is 90.7 cm³/mol. The summed E-state index contributed by atoms with van der Waals surface area (Å²) in [6, 6.07) is 15.7. The van der Waals surface area contributed by atoms with Gasteiger partial charge in [-0.25, -0.2) is 0 Å². The zero-order valence-corrected chi connectivity index (χ0v) is 12.8. The molecule has 23 heavy (non-hydrogen) atoms. The molecule has 3 atom stereocenters. The highest BCUT2D eigenvalue weighted by Crippen LogP contribution is 2.28. The van der Waals surface area contributed by atoms with E-state index in [4.69, 9.17) is 0 Å². The average Bonchev–Trinajstić information content (AvgIpc) is 3.27. The molecule has 0 saturated carbocycles. The molecule has 4 heterocycles. The van der Waals surface area contributed by atoms with Crippen LogP contribution in [0, 0.1) is 0 Å². The van der Waals surface area contributed by atoms with Gasteiger partial charge in [0.15, 0.2) is 0 Å². The molecule has 0 spiro atoms. The molecule has 4 nitrogen and oxygen atoms in total. The minimum atomic E-state index is 0.0315. The molecule has 1 aromatic carbocycles. The van der Waals surface area contributed by atoms with E-state index in [1.54, 1.807) is 0 Å². The van der Waals surface area contributed by atoms with Crippen LogP contribution in [0.3, 0.4) is 0 Å². The number of rotatable bonds is 2. The molecule has 4 heteroatoms. The first-order valence-corrected chi connectivity index (χ1v) is 8.35. The first kappa shape index (κ1) is 13.1. The standard InChI is InChI=1S/C19H19N3O/c23-19(21-17-10-14-6-8-16(17)20-14)13-5-7-15-9-12-3-1-2-4-18(12)22(15)11-13/h1-5,7,9,11,14,16-17,20H,6,8,10H2,(H,21,23)/t14-,16+,17-/m1/s1. The van der Waals surface area contributed by atoms with E-state index in [1.165, 1.54) is 18.2 Å². The van der Waals surface area contributed by atoms with Gasteiger partial charge < -0.3 is 15.0 Å². The number of pyridine rings is 1. The van der Waals surface area contributed by atoms with Gasteiger partial charge in [0, 0.05) is 35.2 Å². The third-order valence-electron chi connectivity index (χ3n) is 5.36. The van der Waals surface area contributed by atoms with Crippen LogP contribution < -0.4 is 10.6 Å².